The van der Waals surface area contributed by atoms with Crippen LogP contribution < -0.4 is 4.90 Å². The van der Waals surface area contributed by atoms with Crippen molar-refractivity contribution < 1.29 is 9.41 Å². The highest BCUT2D eigenvalue weighted by atomic mass is 16.6. The number of anilines is 1. The summed E-state index contributed by atoms with van der Waals surface area (Å²) >= 11 is 0. The number of piperazine rings is 4. The summed E-state index contributed by atoms with van der Waals surface area (Å²) in [5, 5.41) is 10.8. The van der Waals surface area contributed by atoms with Crippen molar-refractivity contribution in [1.29, 1.82) is 0 Å². The van der Waals surface area contributed by atoms with Crippen LogP contribution in [0.1, 0.15) is 0 Å². The van der Waals surface area contributed by atoms with Crippen LogP contribution in [0.25, 0.3) is 0 Å². The van der Waals surface area contributed by atoms with Gasteiger partial charge in [-0.25, -0.2) is 0 Å². The third kappa shape index (κ3) is 3.63. The highest BCUT2D eigenvalue weighted by Crippen LogP contribution is 2.22. The zero-order chi connectivity index (χ0) is 17.3. The van der Waals surface area contributed by atoms with Crippen LogP contribution in [0.5, 0.6) is 0 Å². The SMILES string of the molecule is O=[N+]([O-])c1ccc(N2CCN(CC[N+]34CCN(CC3)CC4)CC2)cc1. The lowest BCUT2D eigenvalue weighted by molar-refractivity contribution is -0.940. The summed E-state index contributed by atoms with van der Waals surface area (Å²) in [6, 6.07) is 6.96. The van der Waals surface area contributed by atoms with E-state index in [0.717, 1.165) is 31.9 Å². The maximum Gasteiger partial charge on any atom is 0.269 e. The van der Waals surface area contributed by atoms with E-state index in [1.54, 1.807) is 12.1 Å². The average molecular weight is 346 g/mol. The molecule has 1 aromatic rings. The Labute approximate surface area is 149 Å². The summed E-state index contributed by atoms with van der Waals surface area (Å²) in [4.78, 5) is 18.0. The van der Waals surface area contributed by atoms with Crippen molar-refractivity contribution in [2.75, 3.05) is 83.4 Å². The number of hydrogen-bond donors (Lipinski definition) is 0. The van der Waals surface area contributed by atoms with Crippen LogP contribution in [-0.2, 0) is 0 Å². The molecule has 4 heterocycles. The Morgan fingerprint density at radius 2 is 1.52 bits per heavy atom. The molecule has 0 unspecified atom stereocenters. The van der Waals surface area contributed by atoms with Crippen molar-refractivity contribution >= 4 is 11.4 Å². The zero-order valence-electron chi connectivity index (χ0n) is 14.8. The number of nitro benzene ring substituents is 1. The number of nitro groups is 1. The van der Waals surface area contributed by atoms with Gasteiger partial charge in [0.25, 0.3) is 5.69 Å². The summed E-state index contributed by atoms with van der Waals surface area (Å²) in [5.74, 6) is 0. The molecule has 4 fully saturated rings. The first-order valence-electron chi connectivity index (χ1n) is 9.43. The van der Waals surface area contributed by atoms with E-state index < -0.39 is 0 Å². The largest absolute Gasteiger partial charge is 0.369 e. The van der Waals surface area contributed by atoms with E-state index in [-0.39, 0.29) is 10.6 Å². The molecule has 2 bridgehead atoms. The lowest BCUT2D eigenvalue weighted by Gasteiger charge is -2.51. The van der Waals surface area contributed by atoms with Gasteiger partial charge in [0.1, 0.15) is 0 Å². The lowest BCUT2D eigenvalue weighted by atomic mass is 10.1. The van der Waals surface area contributed by atoms with E-state index >= 15 is 0 Å². The van der Waals surface area contributed by atoms with E-state index in [9.17, 15) is 10.1 Å². The van der Waals surface area contributed by atoms with E-state index in [1.807, 2.05) is 12.1 Å². The van der Waals surface area contributed by atoms with Crippen molar-refractivity contribution in [3.63, 3.8) is 0 Å². The highest BCUT2D eigenvalue weighted by molar-refractivity contribution is 5.51. The minimum atomic E-state index is -0.338. The Bertz CT molecular complexity index is 591. The number of non-ortho nitro benzene ring substituents is 1. The monoisotopic (exact) mass is 346 g/mol. The quantitative estimate of drug-likeness (QED) is 0.450. The molecule has 0 spiro atoms. The van der Waals surface area contributed by atoms with Crippen molar-refractivity contribution in [1.82, 2.24) is 9.80 Å². The molecule has 4 saturated heterocycles. The van der Waals surface area contributed by atoms with Gasteiger partial charge >= 0.3 is 0 Å². The predicted octanol–water partition coefficient (Wildman–Crippen LogP) is 0.863. The van der Waals surface area contributed by atoms with Gasteiger partial charge in [-0.1, -0.05) is 0 Å². The van der Waals surface area contributed by atoms with Gasteiger partial charge in [-0.3, -0.25) is 19.9 Å². The Kier molecular flexibility index (Phi) is 4.62. The van der Waals surface area contributed by atoms with Gasteiger partial charge in [0.05, 0.1) is 31.1 Å². The van der Waals surface area contributed by atoms with Crippen molar-refractivity contribution in [3.8, 4) is 0 Å². The van der Waals surface area contributed by atoms with Crippen LogP contribution in [-0.4, -0.2) is 97.7 Å². The van der Waals surface area contributed by atoms with Gasteiger partial charge in [0.2, 0.25) is 0 Å². The molecule has 0 amide bonds. The van der Waals surface area contributed by atoms with Gasteiger partial charge in [0, 0.05) is 70.2 Å². The van der Waals surface area contributed by atoms with Crippen molar-refractivity contribution in [3.05, 3.63) is 34.4 Å². The first-order valence-corrected chi connectivity index (χ1v) is 9.43. The van der Waals surface area contributed by atoms with Gasteiger partial charge in [-0.15, -0.1) is 0 Å². The number of rotatable bonds is 5. The summed E-state index contributed by atoms with van der Waals surface area (Å²) < 4.78 is 1.33. The molecule has 0 saturated carbocycles. The normalized spacial score (nSPS) is 29.8. The van der Waals surface area contributed by atoms with Crippen molar-refractivity contribution in [2.45, 2.75) is 0 Å². The van der Waals surface area contributed by atoms with Crippen LogP contribution in [0.4, 0.5) is 11.4 Å². The molecule has 5 rings (SSSR count). The fourth-order valence-corrected chi connectivity index (χ4v) is 4.44. The maximum absolute atomic E-state index is 10.8. The van der Waals surface area contributed by atoms with Crippen LogP contribution in [0.15, 0.2) is 24.3 Å². The molecule has 136 valence electrons. The predicted molar refractivity (Wildman–Crippen MR) is 97.9 cm³/mol. The first-order chi connectivity index (χ1) is 12.1. The number of hydrogen-bond acceptors (Lipinski definition) is 5. The second-order valence-corrected chi connectivity index (χ2v) is 7.68. The van der Waals surface area contributed by atoms with Gasteiger partial charge < -0.3 is 9.38 Å². The molecule has 1 aromatic carbocycles. The van der Waals surface area contributed by atoms with Crippen LogP contribution in [0.2, 0.25) is 0 Å². The third-order valence-electron chi connectivity index (χ3n) is 6.36. The summed E-state index contributed by atoms with van der Waals surface area (Å²) in [5.41, 5.74) is 1.26. The fraction of sp³-hybridized carbons (Fsp3) is 0.667. The molecule has 25 heavy (non-hydrogen) atoms. The molecule has 0 aliphatic carbocycles. The number of fused-ring (bicyclic) bond motifs is 3. The van der Waals surface area contributed by atoms with E-state index in [2.05, 4.69) is 14.7 Å². The van der Waals surface area contributed by atoms with E-state index in [0.29, 0.717) is 0 Å². The van der Waals surface area contributed by atoms with Gasteiger partial charge in [0.15, 0.2) is 0 Å². The summed E-state index contributed by atoms with van der Waals surface area (Å²) in [6.45, 7) is 14.5. The molecule has 0 atom stereocenters. The Morgan fingerprint density at radius 1 is 0.920 bits per heavy atom. The Morgan fingerprint density at radius 3 is 2.08 bits per heavy atom. The highest BCUT2D eigenvalue weighted by Gasteiger charge is 2.38. The van der Waals surface area contributed by atoms with E-state index in [4.69, 9.17) is 0 Å². The third-order valence-corrected chi connectivity index (χ3v) is 6.36. The second-order valence-electron chi connectivity index (χ2n) is 7.68. The molecule has 4 aliphatic rings. The lowest BCUT2D eigenvalue weighted by Crippen LogP contribution is -2.68. The Balaban J connectivity index is 1.26. The van der Waals surface area contributed by atoms with Gasteiger partial charge in [-0.05, 0) is 12.1 Å². The molecular weight excluding hydrogens is 318 g/mol. The van der Waals surface area contributed by atoms with Crippen molar-refractivity contribution in [2.24, 2.45) is 0 Å². The molecule has 0 N–H and O–H groups in total. The smallest absolute Gasteiger partial charge is 0.269 e. The minimum absolute atomic E-state index is 0.165. The average Bonchev–Trinajstić information content (AvgIpc) is 2.68. The fourth-order valence-electron chi connectivity index (χ4n) is 4.44. The molecule has 0 radical (unpaired) electrons. The topological polar surface area (TPSA) is 52.9 Å². The van der Waals surface area contributed by atoms with Crippen LogP contribution >= 0.6 is 0 Å². The zero-order valence-corrected chi connectivity index (χ0v) is 14.8. The first kappa shape index (κ1) is 16.8. The minimum Gasteiger partial charge on any atom is -0.369 e. The molecule has 4 aliphatic heterocycles. The van der Waals surface area contributed by atoms with E-state index in [1.165, 1.54) is 56.8 Å². The summed E-state index contributed by atoms with van der Waals surface area (Å²) in [6.07, 6.45) is 0. The molecular formula is C18H28N5O2+. The standard InChI is InChI=1S/C18H28N5O2/c24-22(25)18-3-1-17(2-4-18)21-7-5-19(6-8-21)9-13-23-14-10-20(11-15-23)12-16-23/h1-4H,5-16H2/q+1. The number of quaternary nitrogens is 1. The summed E-state index contributed by atoms with van der Waals surface area (Å²) in [7, 11) is 0. The maximum atomic E-state index is 10.8. The Hall–Kier alpha value is -1.70. The molecule has 7 nitrogen and oxygen atoms in total. The molecule has 7 heteroatoms. The van der Waals surface area contributed by atoms with Crippen LogP contribution in [0.3, 0.4) is 0 Å². The number of benzene rings is 1. The van der Waals surface area contributed by atoms with Gasteiger partial charge in [-0.2, -0.15) is 0 Å². The molecule has 0 aromatic heterocycles. The van der Waals surface area contributed by atoms with Crippen LogP contribution in [0, 0.1) is 10.1 Å². The number of nitrogens with zero attached hydrogens (tertiary/aromatic N) is 5. The second kappa shape index (κ2) is 6.90.